The van der Waals surface area contributed by atoms with E-state index >= 15 is 0 Å². The number of carbonyl (C=O) groups excluding carboxylic acids is 1. The van der Waals surface area contributed by atoms with Gasteiger partial charge in [0.05, 0.1) is 19.0 Å². The third kappa shape index (κ3) is 2.03. The summed E-state index contributed by atoms with van der Waals surface area (Å²) < 4.78 is 10.4. The molecule has 0 bridgehead atoms. The van der Waals surface area contributed by atoms with Gasteiger partial charge in [0, 0.05) is 24.6 Å². The maximum Gasteiger partial charge on any atom is 0.274 e. The van der Waals surface area contributed by atoms with Gasteiger partial charge in [0.1, 0.15) is 11.5 Å². The maximum absolute atomic E-state index is 12.5. The van der Waals surface area contributed by atoms with Crippen LogP contribution >= 0.6 is 0 Å². The summed E-state index contributed by atoms with van der Waals surface area (Å²) in [6.07, 6.45) is 3.92. The summed E-state index contributed by atoms with van der Waals surface area (Å²) in [6, 6.07) is 5.30. The summed E-state index contributed by atoms with van der Waals surface area (Å²) >= 11 is 0. The first kappa shape index (κ1) is 12.0. The molecule has 0 saturated carbocycles. The molecule has 0 radical (unpaired) electrons. The van der Waals surface area contributed by atoms with Crippen molar-refractivity contribution in [2.24, 2.45) is 0 Å². The summed E-state index contributed by atoms with van der Waals surface area (Å²) in [7, 11) is 0. The van der Waals surface area contributed by atoms with Crippen LogP contribution in [0.25, 0.3) is 11.5 Å². The lowest BCUT2D eigenvalue weighted by Crippen LogP contribution is -2.35. The van der Waals surface area contributed by atoms with Gasteiger partial charge in [-0.1, -0.05) is 5.16 Å². The molecule has 1 aliphatic heterocycles. The Kier molecular flexibility index (Phi) is 2.63. The first-order valence-corrected chi connectivity index (χ1v) is 6.62. The van der Waals surface area contributed by atoms with Crippen molar-refractivity contribution in [3.8, 4) is 11.5 Å². The quantitative estimate of drug-likeness (QED) is 0.776. The van der Waals surface area contributed by atoms with E-state index in [0.717, 1.165) is 11.3 Å². The molecule has 0 unspecified atom stereocenters. The summed E-state index contributed by atoms with van der Waals surface area (Å²) in [5.74, 6) is 1.40. The number of H-pyrrole nitrogens is 1. The largest absolute Gasteiger partial charge is 0.463 e. The predicted octanol–water partition coefficient (Wildman–Crippen LogP) is 1.86. The van der Waals surface area contributed by atoms with Crippen molar-refractivity contribution in [1.82, 2.24) is 20.3 Å². The molecule has 7 nitrogen and oxygen atoms in total. The van der Waals surface area contributed by atoms with E-state index in [1.54, 1.807) is 29.5 Å². The van der Waals surface area contributed by atoms with Crippen molar-refractivity contribution < 1.29 is 13.7 Å². The summed E-state index contributed by atoms with van der Waals surface area (Å²) in [5.41, 5.74) is 2.02. The highest BCUT2D eigenvalue weighted by atomic mass is 16.5. The Morgan fingerprint density at radius 1 is 1.43 bits per heavy atom. The van der Waals surface area contributed by atoms with Gasteiger partial charge in [-0.05, 0) is 12.1 Å². The zero-order valence-corrected chi connectivity index (χ0v) is 11.1. The SMILES string of the molecule is O=C(c1cc(-c2ccco2)[nH]n1)N1CCc2oncc2C1. The first-order valence-electron chi connectivity index (χ1n) is 6.62. The molecule has 4 rings (SSSR count). The van der Waals surface area contributed by atoms with Crippen molar-refractivity contribution in [3.05, 3.63) is 47.7 Å². The topological polar surface area (TPSA) is 88.2 Å². The third-order valence-electron chi connectivity index (χ3n) is 3.57. The molecule has 1 N–H and O–H groups in total. The Bertz CT molecular complexity index is 772. The van der Waals surface area contributed by atoms with E-state index in [-0.39, 0.29) is 5.91 Å². The van der Waals surface area contributed by atoms with Crippen molar-refractivity contribution >= 4 is 5.91 Å². The Hall–Kier alpha value is -2.83. The van der Waals surface area contributed by atoms with Gasteiger partial charge in [0.25, 0.3) is 5.91 Å². The Labute approximate surface area is 119 Å². The fourth-order valence-electron chi connectivity index (χ4n) is 2.47. The number of fused-ring (bicyclic) bond motifs is 1. The average molecular weight is 284 g/mol. The Morgan fingerprint density at radius 3 is 3.24 bits per heavy atom. The molecular weight excluding hydrogens is 272 g/mol. The highest BCUT2D eigenvalue weighted by Crippen LogP contribution is 2.22. The van der Waals surface area contributed by atoms with Crippen molar-refractivity contribution in [2.45, 2.75) is 13.0 Å². The molecule has 1 amide bonds. The third-order valence-corrected chi connectivity index (χ3v) is 3.57. The van der Waals surface area contributed by atoms with E-state index in [0.29, 0.717) is 36.7 Å². The monoisotopic (exact) mass is 284 g/mol. The first-order chi connectivity index (χ1) is 10.3. The Balaban J connectivity index is 1.56. The molecular formula is C14H12N4O3. The standard InChI is InChI=1S/C14H12N4O3/c19-14(18-4-3-12-9(8-18)7-15-21-12)11-6-10(16-17-11)13-2-1-5-20-13/h1-2,5-7H,3-4,8H2,(H,16,17). The maximum atomic E-state index is 12.5. The van der Waals surface area contributed by atoms with Gasteiger partial charge >= 0.3 is 0 Å². The van der Waals surface area contributed by atoms with E-state index in [1.807, 2.05) is 6.07 Å². The number of nitrogens with one attached hydrogen (secondary N) is 1. The lowest BCUT2D eigenvalue weighted by molar-refractivity contribution is 0.0723. The molecule has 0 atom stereocenters. The minimum atomic E-state index is -0.115. The Morgan fingerprint density at radius 2 is 2.38 bits per heavy atom. The van der Waals surface area contributed by atoms with Crippen LogP contribution in [0.3, 0.4) is 0 Å². The number of aromatic nitrogens is 3. The van der Waals surface area contributed by atoms with E-state index in [2.05, 4.69) is 15.4 Å². The van der Waals surface area contributed by atoms with Gasteiger partial charge < -0.3 is 13.8 Å². The second kappa shape index (κ2) is 4.62. The molecule has 0 aromatic carbocycles. The van der Waals surface area contributed by atoms with Crippen LogP contribution in [-0.4, -0.2) is 32.7 Å². The average Bonchev–Trinajstić information content (AvgIpc) is 3.24. The second-order valence-electron chi connectivity index (χ2n) is 4.90. The normalized spacial score (nSPS) is 14.2. The fourth-order valence-corrected chi connectivity index (χ4v) is 2.47. The molecule has 7 heteroatoms. The molecule has 0 aliphatic carbocycles. The van der Waals surface area contributed by atoms with E-state index in [4.69, 9.17) is 8.94 Å². The zero-order chi connectivity index (χ0) is 14.2. The number of rotatable bonds is 2. The summed E-state index contributed by atoms with van der Waals surface area (Å²) in [6.45, 7) is 1.10. The van der Waals surface area contributed by atoms with Gasteiger partial charge in [-0.2, -0.15) is 5.10 Å². The van der Waals surface area contributed by atoms with Crippen LogP contribution in [0.5, 0.6) is 0 Å². The number of hydrogen-bond donors (Lipinski definition) is 1. The summed E-state index contributed by atoms with van der Waals surface area (Å²) in [4.78, 5) is 14.2. The fraction of sp³-hybridized carbons (Fsp3) is 0.214. The predicted molar refractivity (Wildman–Crippen MR) is 71.2 cm³/mol. The van der Waals surface area contributed by atoms with Crippen LogP contribution in [0, 0.1) is 0 Å². The molecule has 0 saturated heterocycles. The lowest BCUT2D eigenvalue weighted by Gasteiger charge is -2.24. The van der Waals surface area contributed by atoms with Crippen LogP contribution in [0.1, 0.15) is 21.8 Å². The van der Waals surface area contributed by atoms with Crippen LogP contribution in [0.4, 0.5) is 0 Å². The van der Waals surface area contributed by atoms with Crippen molar-refractivity contribution in [3.63, 3.8) is 0 Å². The zero-order valence-electron chi connectivity index (χ0n) is 11.1. The molecule has 0 spiro atoms. The van der Waals surface area contributed by atoms with E-state index in [9.17, 15) is 4.79 Å². The minimum absolute atomic E-state index is 0.115. The highest BCUT2D eigenvalue weighted by molar-refractivity contribution is 5.93. The smallest absolute Gasteiger partial charge is 0.274 e. The second-order valence-corrected chi connectivity index (χ2v) is 4.90. The molecule has 4 heterocycles. The van der Waals surface area contributed by atoms with Gasteiger partial charge in [-0.3, -0.25) is 9.89 Å². The summed E-state index contributed by atoms with van der Waals surface area (Å²) in [5, 5.41) is 10.7. The van der Waals surface area contributed by atoms with Gasteiger partial charge in [0.15, 0.2) is 11.5 Å². The van der Waals surface area contributed by atoms with Gasteiger partial charge in [-0.25, -0.2) is 0 Å². The molecule has 3 aromatic rings. The number of amides is 1. The minimum Gasteiger partial charge on any atom is -0.463 e. The van der Waals surface area contributed by atoms with Crippen LogP contribution < -0.4 is 0 Å². The molecule has 0 fully saturated rings. The highest BCUT2D eigenvalue weighted by Gasteiger charge is 2.26. The van der Waals surface area contributed by atoms with Crippen LogP contribution in [-0.2, 0) is 13.0 Å². The van der Waals surface area contributed by atoms with Crippen molar-refractivity contribution in [2.75, 3.05) is 6.54 Å². The molecule has 1 aliphatic rings. The number of carbonyl (C=O) groups is 1. The lowest BCUT2D eigenvalue weighted by atomic mass is 10.1. The molecule has 106 valence electrons. The number of aromatic amines is 1. The van der Waals surface area contributed by atoms with E-state index < -0.39 is 0 Å². The molecule has 21 heavy (non-hydrogen) atoms. The number of nitrogens with zero attached hydrogens (tertiary/aromatic N) is 3. The van der Waals surface area contributed by atoms with Gasteiger partial charge in [-0.15, -0.1) is 0 Å². The molecule has 3 aromatic heterocycles. The van der Waals surface area contributed by atoms with Crippen LogP contribution in [0.15, 0.2) is 39.6 Å². The van der Waals surface area contributed by atoms with Crippen LogP contribution in [0.2, 0.25) is 0 Å². The van der Waals surface area contributed by atoms with E-state index in [1.165, 1.54) is 0 Å². The van der Waals surface area contributed by atoms with Crippen molar-refractivity contribution in [1.29, 1.82) is 0 Å². The number of furan rings is 1. The van der Waals surface area contributed by atoms with Gasteiger partial charge in [0.2, 0.25) is 0 Å². The number of hydrogen-bond acceptors (Lipinski definition) is 5.